The maximum Gasteiger partial charge on any atom is 0.241 e. The third-order valence-electron chi connectivity index (χ3n) is 13.3. The van der Waals surface area contributed by atoms with Crippen molar-refractivity contribution in [1.29, 1.82) is 0 Å². The highest BCUT2D eigenvalue weighted by molar-refractivity contribution is 5.95. The van der Waals surface area contributed by atoms with Crippen LogP contribution in [0.15, 0.2) is 194 Å². The first-order chi connectivity index (χ1) is 34.1. The molecule has 9 aromatic carbocycles. The lowest BCUT2D eigenvalue weighted by Crippen LogP contribution is -2.19. The molecule has 0 bridgehead atoms. The van der Waals surface area contributed by atoms with Crippen LogP contribution in [0.5, 0.6) is 0 Å². The Kier molecular flexibility index (Phi) is 11.5. The zero-order valence-electron chi connectivity index (χ0n) is 40.2. The molecule has 7 heteroatoms. The van der Waals surface area contributed by atoms with E-state index in [9.17, 15) is 0 Å². The maximum atomic E-state index is 5.40. The van der Waals surface area contributed by atoms with E-state index in [0.717, 1.165) is 49.5 Å². The van der Waals surface area contributed by atoms with Crippen LogP contribution in [-0.4, -0.2) is 29.9 Å². The molecule has 2 heterocycles. The van der Waals surface area contributed by atoms with Gasteiger partial charge in [-0.2, -0.15) is 19.9 Å². The standard InChI is InChI=1S/C63H51N7/c1-39-34-41(3)55(42(4)35-39)57(56-43(5)36-40(2)37-44(56)6)47-30-32-52(33-31-47)70(62-66-58(48-20-9-7-10-21-48)64-60(68-62)51-29-28-45-18-13-14-24-50(45)38-51)63-67-59(49-22-11-8-12-23-49)65-61(69-63)54-27-17-25-46-19-15-16-26-53(46)54/h7-38,57H,1-6H3. The van der Waals surface area contributed by atoms with Crippen molar-refractivity contribution in [2.24, 2.45) is 0 Å². The molecule has 2 aromatic heterocycles. The molecule has 338 valence electrons. The minimum atomic E-state index is -0.0233. The third kappa shape index (κ3) is 8.47. The van der Waals surface area contributed by atoms with E-state index in [1.165, 1.54) is 50.1 Å². The Morgan fingerprint density at radius 2 is 0.800 bits per heavy atom. The van der Waals surface area contributed by atoms with Crippen molar-refractivity contribution in [3.05, 3.63) is 244 Å². The first-order valence-corrected chi connectivity index (χ1v) is 23.8. The summed E-state index contributed by atoms with van der Waals surface area (Å²) in [6.07, 6.45) is 0. The lowest BCUT2D eigenvalue weighted by Gasteiger charge is -2.28. The number of hydrogen-bond acceptors (Lipinski definition) is 7. The van der Waals surface area contributed by atoms with Gasteiger partial charge in [-0.25, -0.2) is 14.9 Å². The van der Waals surface area contributed by atoms with Crippen LogP contribution in [0.4, 0.5) is 17.6 Å². The Labute approximate surface area is 409 Å². The van der Waals surface area contributed by atoms with Gasteiger partial charge >= 0.3 is 0 Å². The van der Waals surface area contributed by atoms with E-state index in [1.54, 1.807) is 0 Å². The van der Waals surface area contributed by atoms with E-state index in [-0.39, 0.29) is 5.92 Å². The second-order valence-electron chi connectivity index (χ2n) is 18.4. The molecule has 0 unspecified atom stereocenters. The normalized spacial score (nSPS) is 11.4. The van der Waals surface area contributed by atoms with Gasteiger partial charge in [-0.3, -0.25) is 0 Å². The van der Waals surface area contributed by atoms with E-state index >= 15 is 0 Å². The second-order valence-corrected chi connectivity index (χ2v) is 18.4. The summed E-state index contributed by atoms with van der Waals surface area (Å²) in [6, 6.07) is 67.4. The Morgan fingerprint density at radius 3 is 1.37 bits per heavy atom. The Hall–Kier alpha value is -8.68. The van der Waals surface area contributed by atoms with Crippen molar-refractivity contribution in [3.63, 3.8) is 0 Å². The molecule has 0 spiro atoms. The predicted molar refractivity (Wildman–Crippen MR) is 287 cm³/mol. The summed E-state index contributed by atoms with van der Waals surface area (Å²) >= 11 is 0. The van der Waals surface area contributed by atoms with Crippen molar-refractivity contribution in [1.82, 2.24) is 29.9 Å². The molecule has 7 nitrogen and oxygen atoms in total. The van der Waals surface area contributed by atoms with E-state index in [2.05, 4.69) is 175 Å². The zero-order valence-corrected chi connectivity index (χ0v) is 40.2. The number of rotatable bonds is 10. The maximum absolute atomic E-state index is 5.40. The van der Waals surface area contributed by atoms with Crippen molar-refractivity contribution < 1.29 is 0 Å². The second kappa shape index (κ2) is 18.4. The molecule has 70 heavy (non-hydrogen) atoms. The molecule has 0 amide bonds. The van der Waals surface area contributed by atoms with Crippen molar-refractivity contribution in [2.75, 3.05) is 4.90 Å². The smallest absolute Gasteiger partial charge is 0.241 e. The number of benzene rings is 9. The molecule has 0 atom stereocenters. The van der Waals surface area contributed by atoms with Crippen LogP contribution in [0.2, 0.25) is 0 Å². The fourth-order valence-electron chi connectivity index (χ4n) is 10.3. The molecule has 0 radical (unpaired) electrons. The first-order valence-electron chi connectivity index (χ1n) is 23.8. The molecule has 0 saturated heterocycles. The van der Waals surface area contributed by atoms with Gasteiger partial charge in [-0.1, -0.05) is 187 Å². The molecular formula is C63H51N7. The highest BCUT2D eigenvalue weighted by Gasteiger charge is 2.28. The van der Waals surface area contributed by atoms with Gasteiger partial charge in [0.1, 0.15) is 0 Å². The summed E-state index contributed by atoms with van der Waals surface area (Å²) in [5.41, 5.74) is 15.6. The molecule has 0 N–H and O–H groups in total. The van der Waals surface area contributed by atoms with Crippen LogP contribution in [0, 0.1) is 41.5 Å². The molecule has 0 aliphatic rings. The first kappa shape index (κ1) is 43.9. The molecular weight excluding hydrogens is 855 g/mol. The summed E-state index contributed by atoms with van der Waals surface area (Å²) in [5.74, 6) is 2.82. The monoisotopic (exact) mass is 905 g/mol. The third-order valence-corrected chi connectivity index (χ3v) is 13.3. The SMILES string of the molecule is Cc1cc(C)c(C(c2ccc(N(c3nc(-c4ccccc4)nc(-c4ccc5ccccc5c4)n3)c3nc(-c4ccccc4)nc(-c4cccc5ccccc45)n3)cc2)c2c(C)cc(C)cc2C)c(C)c1. The Morgan fingerprint density at radius 1 is 0.343 bits per heavy atom. The summed E-state index contributed by atoms with van der Waals surface area (Å²) in [5, 5.41) is 4.36. The minimum absolute atomic E-state index is 0.0233. The largest absolute Gasteiger partial charge is 0.246 e. The number of fused-ring (bicyclic) bond motifs is 2. The number of aryl methyl sites for hydroxylation is 6. The summed E-state index contributed by atoms with van der Waals surface area (Å²) in [6.45, 7) is 13.3. The van der Waals surface area contributed by atoms with Crippen LogP contribution in [0.25, 0.3) is 67.1 Å². The van der Waals surface area contributed by atoms with Crippen molar-refractivity contribution in [3.8, 4) is 45.6 Å². The van der Waals surface area contributed by atoms with Gasteiger partial charge in [0.2, 0.25) is 11.9 Å². The van der Waals surface area contributed by atoms with Gasteiger partial charge in [0.15, 0.2) is 23.3 Å². The fourth-order valence-corrected chi connectivity index (χ4v) is 10.3. The predicted octanol–water partition coefficient (Wildman–Crippen LogP) is 15.5. The van der Waals surface area contributed by atoms with Crippen molar-refractivity contribution in [2.45, 2.75) is 47.5 Å². The minimum Gasteiger partial charge on any atom is -0.246 e. The highest BCUT2D eigenvalue weighted by Crippen LogP contribution is 2.42. The summed E-state index contributed by atoms with van der Waals surface area (Å²) in [4.78, 5) is 33.7. The summed E-state index contributed by atoms with van der Waals surface area (Å²) < 4.78 is 0. The van der Waals surface area contributed by atoms with Gasteiger partial charge in [0, 0.05) is 28.2 Å². The van der Waals surface area contributed by atoms with E-state index in [4.69, 9.17) is 29.9 Å². The molecule has 0 fully saturated rings. The number of nitrogens with zero attached hydrogens (tertiary/aromatic N) is 7. The zero-order chi connectivity index (χ0) is 47.9. The highest BCUT2D eigenvalue weighted by atomic mass is 15.4. The number of anilines is 3. The van der Waals surface area contributed by atoms with Gasteiger partial charge in [-0.15, -0.1) is 0 Å². The van der Waals surface area contributed by atoms with Crippen LogP contribution in [0.1, 0.15) is 56.0 Å². The van der Waals surface area contributed by atoms with Gasteiger partial charge in [-0.05, 0) is 120 Å². The van der Waals surface area contributed by atoms with Crippen LogP contribution in [-0.2, 0) is 0 Å². The lowest BCUT2D eigenvalue weighted by atomic mass is 9.77. The van der Waals surface area contributed by atoms with Crippen LogP contribution >= 0.6 is 0 Å². The summed E-state index contributed by atoms with van der Waals surface area (Å²) in [7, 11) is 0. The average molecular weight is 906 g/mol. The van der Waals surface area contributed by atoms with E-state index in [0.29, 0.717) is 35.2 Å². The molecule has 0 saturated carbocycles. The molecule has 11 rings (SSSR count). The Balaban J connectivity index is 1.18. The topological polar surface area (TPSA) is 80.6 Å². The van der Waals surface area contributed by atoms with Crippen LogP contribution in [0.3, 0.4) is 0 Å². The molecule has 11 aromatic rings. The number of aromatic nitrogens is 6. The molecule has 0 aliphatic carbocycles. The van der Waals surface area contributed by atoms with E-state index < -0.39 is 0 Å². The van der Waals surface area contributed by atoms with Gasteiger partial charge < -0.3 is 0 Å². The van der Waals surface area contributed by atoms with Crippen LogP contribution < -0.4 is 4.90 Å². The van der Waals surface area contributed by atoms with E-state index in [1.807, 2.05) is 65.6 Å². The average Bonchev–Trinajstić information content (AvgIpc) is 3.38. The van der Waals surface area contributed by atoms with Gasteiger partial charge in [0.05, 0.1) is 5.69 Å². The fraction of sp³-hybridized carbons (Fsp3) is 0.111. The van der Waals surface area contributed by atoms with Crippen molar-refractivity contribution >= 4 is 39.1 Å². The quantitative estimate of drug-likeness (QED) is 0.126. The molecule has 0 aliphatic heterocycles. The Bertz CT molecular complexity index is 3630. The van der Waals surface area contributed by atoms with Gasteiger partial charge in [0.25, 0.3) is 0 Å². The number of hydrogen-bond donors (Lipinski definition) is 0. The lowest BCUT2D eigenvalue weighted by molar-refractivity contribution is 0.917.